The molecule has 1 heterocycles. The predicted octanol–water partition coefficient (Wildman–Crippen LogP) is 2.53. The molecule has 0 saturated heterocycles. The van der Waals surface area contributed by atoms with Crippen molar-refractivity contribution in [3.05, 3.63) is 23.8 Å². The molecule has 16 heavy (non-hydrogen) atoms. The van der Waals surface area contributed by atoms with Gasteiger partial charge in [0.15, 0.2) is 0 Å². The van der Waals surface area contributed by atoms with Crippen LogP contribution in [0.5, 0.6) is 0 Å². The Morgan fingerprint density at radius 3 is 3.06 bits per heavy atom. The molecule has 86 valence electrons. The fraction of sp³-hybridized carbons (Fsp3) is 0.417. The van der Waals surface area contributed by atoms with E-state index in [1.807, 2.05) is 30.0 Å². The molecular weight excluding hydrogens is 220 g/mol. The number of nitrogens with one attached hydrogen (secondary N) is 1. The molecule has 1 aliphatic heterocycles. The number of fused-ring (bicyclic) bond motifs is 1. The number of nitrogens with two attached hydrogens (primary N) is 1. The van der Waals surface area contributed by atoms with Crippen LogP contribution >= 0.6 is 11.8 Å². The highest BCUT2D eigenvalue weighted by atomic mass is 32.2. The van der Waals surface area contributed by atoms with E-state index in [2.05, 4.69) is 12.2 Å². The number of amides is 1. The van der Waals surface area contributed by atoms with E-state index in [-0.39, 0.29) is 5.91 Å². The van der Waals surface area contributed by atoms with Crippen LogP contribution in [0.2, 0.25) is 0 Å². The summed E-state index contributed by atoms with van der Waals surface area (Å²) in [5, 5.41) is 2.80. The zero-order valence-electron chi connectivity index (χ0n) is 9.32. The van der Waals surface area contributed by atoms with Gasteiger partial charge in [-0.3, -0.25) is 4.79 Å². The van der Waals surface area contributed by atoms with Crippen molar-refractivity contribution >= 4 is 23.4 Å². The molecule has 3 nitrogen and oxygen atoms in total. The number of anilines is 1. The second kappa shape index (κ2) is 4.89. The molecule has 3 N–H and O–H groups in total. The highest BCUT2D eigenvalue weighted by molar-refractivity contribution is 7.99. The monoisotopic (exact) mass is 236 g/mol. The standard InChI is InChI=1S/C12H16N2OS/c1-2-3-6-16-8-4-5-9-10(7-8)14-12(15)11(9)13/h4-5,7,11H,2-3,6,13H2,1H3,(H,14,15). The quantitative estimate of drug-likeness (QED) is 0.624. The molecule has 0 bridgehead atoms. The second-order valence-corrected chi connectivity index (χ2v) is 5.09. The maximum atomic E-state index is 11.4. The first-order valence-electron chi connectivity index (χ1n) is 5.55. The van der Waals surface area contributed by atoms with Crippen LogP contribution in [0.1, 0.15) is 31.4 Å². The number of thioether (sulfide) groups is 1. The minimum Gasteiger partial charge on any atom is -0.324 e. The minimum absolute atomic E-state index is 0.106. The molecule has 1 aliphatic rings. The van der Waals surface area contributed by atoms with Gasteiger partial charge in [-0.15, -0.1) is 11.8 Å². The third kappa shape index (κ3) is 2.23. The highest BCUT2D eigenvalue weighted by Gasteiger charge is 2.26. The summed E-state index contributed by atoms with van der Waals surface area (Å²) in [6.45, 7) is 2.18. The Balaban J connectivity index is 2.09. The molecule has 0 radical (unpaired) electrons. The summed E-state index contributed by atoms with van der Waals surface area (Å²) in [7, 11) is 0. The summed E-state index contributed by atoms with van der Waals surface area (Å²) < 4.78 is 0. The zero-order valence-corrected chi connectivity index (χ0v) is 10.1. The van der Waals surface area contributed by atoms with Crippen molar-refractivity contribution in [2.45, 2.75) is 30.7 Å². The van der Waals surface area contributed by atoms with Gasteiger partial charge in [0.2, 0.25) is 5.91 Å². The van der Waals surface area contributed by atoms with Gasteiger partial charge in [-0.05, 0) is 24.3 Å². The lowest BCUT2D eigenvalue weighted by atomic mass is 10.1. The van der Waals surface area contributed by atoms with Crippen LogP contribution in [0.4, 0.5) is 5.69 Å². The number of rotatable bonds is 4. The van der Waals surface area contributed by atoms with Crippen molar-refractivity contribution < 1.29 is 4.79 Å². The van der Waals surface area contributed by atoms with Crippen LogP contribution in [-0.4, -0.2) is 11.7 Å². The van der Waals surface area contributed by atoms with Crippen molar-refractivity contribution in [2.24, 2.45) is 5.73 Å². The van der Waals surface area contributed by atoms with Crippen LogP contribution in [0, 0.1) is 0 Å². The second-order valence-electron chi connectivity index (χ2n) is 3.92. The van der Waals surface area contributed by atoms with Crippen molar-refractivity contribution in [2.75, 3.05) is 11.1 Å². The Morgan fingerprint density at radius 2 is 2.31 bits per heavy atom. The Hall–Kier alpha value is -1.00. The fourth-order valence-electron chi connectivity index (χ4n) is 1.69. The number of benzene rings is 1. The molecule has 0 saturated carbocycles. The van der Waals surface area contributed by atoms with Gasteiger partial charge in [0.25, 0.3) is 0 Å². The number of hydrogen-bond donors (Lipinski definition) is 2. The lowest BCUT2D eigenvalue weighted by Crippen LogP contribution is -2.19. The van der Waals surface area contributed by atoms with E-state index in [0.717, 1.165) is 17.0 Å². The molecule has 2 rings (SSSR count). The third-order valence-corrected chi connectivity index (χ3v) is 3.75. The average Bonchev–Trinajstić information content (AvgIpc) is 2.55. The molecular formula is C12H16N2OS. The largest absolute Gasteiger partial charge is 0.324 e. The summed E-state index contributed by atoms with van der Waals surface area (Å²) in [5.74, 6) is 1.01. The van der Waals surface area contributed by atoms with E-state index in [0.29, 0.717) is 0 Å². The van der Waals surface area contributed by atoms with Crippen LogP contribution in [0.25, 0.3) is 0 Å². The zero-order chi connectivity index (χ0) is 11.5. The maximum Gasteiger partial charge on any atom is 0.245 e. The summed E-state index contributed by atoms with van der Waals surface area (Å²) >= 11 is 1.82. The van der Waals surface area contributed by atoms with Crippen molar-refractivity contribution in [3.63, 3.8) is 0 Å². The summed E-state index contributed by atoms with van der Waals surface area (Å²) in [6.07, 6.45) is 2.42. The van der Waals surface area contributed by atoms with Gasteiger partial charge in [-0.2, -0.15) is 0 Å². The van der Waals surface area contributed by atoms with E-state index in [1.165, 1.54) is 17.7 Å². The van der Waals surface area contributed by atoms with E-state index in [9.17, 15) is 4.79 Å². The molecule has 1 aromatic carbocycles. The van der Waals surface area contributed by atoms with Gasteiger partial charge in [0.1, 0.15) is 6.04 Å². The van der Waals surface area contributed by atoms with Gasteiger partial charge in [-0.25, -0.2) is 0 Å². The first-order valence-corrected chi connectivity index (χ1v) is 6.54. The van der Waals surface area contributed by atoms with Gasteiger partial charge in [-0.1, -0.05) is 19.4 Å². The molecule has 1 unspecified atom stereocenters. The van der Waals surface area contributed by atoms with E-state index < -0.39 is 6.04 Å². The molecule has 0 aliphatic carbocycles. The third-order valence-electron chi connectivity index (χ3n) is 2.67. The lowest BCUT2D eigenvalue weighted by molar-refractivity contribution is -0.116. The summed E-state index contributed by atoms with van der Waals surface area (Å²) in [6, 6.07) is 5.51. The highest BCUT2D eigenvalue weighted by Crippen LogP contribution is 2.33. The first kappa shape index (κ1) is 11.5. The maximum absolute atomic E-state index is 11.4. The molecule has 0 spiro atoms. The normalized spacial score (nSPS) is 18.4. The van der Waals surface area contributed by atoms with Gasteiger partial charge >= 0.3 is 0 Å². The molecule has 0 fully saturated rings. The van der Waals surface area contributed by atoms with Crippen LogP contribution in [0.3, 0.4) is 0 Å². The topological polar surface area (TPSA) is 55.1 Å². The van der Waals surface area contributed by atoms with E-state index in [4.69, 9.17) is 5.73 Å². The van der Waals surface area contributed by atoms with Gasteiger partial charge in [0.05, 0.1) is 0 Å². The number of hydrogen-bond acceptors (Lipinski definition) is 3. The minimum atomic E-state index is -0.496. The smallest absolute Gasteiger partial charge is 0.245 e. The summed E-state index contributed by atoms with van der Waals surface area (Å²) in [4.78, 5) is 12.6. The molecule has 1 aromatic rings. The average molecular weight is 236 g/mol. The molecule has 1 amide bonds. The SMILES string of the molecule is CCCCSc1ccc2c(c1)NC(=O)C2N. The van der Waals surface area contributed by atoms with Crippen LogP contribution in [0.15, 0.2) is 23.1 Å². The van der Waals surface area contributed by atoms with E-state index in [1.54, 1.807) is 0 Å². The Morgan fingerprint density at radius 1 is 1.50 bits per heavy atom. The fourth-order valence-corrected chi connectivity index (χ4v) is 2.72. The predicted molar refractivity (Wildman–Crippen MR) is 67.6 cm³/mol. The number of carbonyl (C=O) groups excluding carboxylic acids is 1. The van der Waals surface area contributed by atoms with E-state index >= 15 is 0 Å². The molecule has 0 aromatic heterocycles. The Kier molecular flexibility index (Phi) is 3.51. The van der Waals surface area contributed by atoms with Crippen molar-refractivity contribution in [3.8, 4) is 0 Å². The Labute approximate surface area is 99.8 Å². The van der Waals surface area contributed by atoms with Crippen LogP contribution < -0.4 is 11.1 Å². The van der Waals surface area contributed by atoms with Crippen molar-refractivity contribution in [1.29, 1.82) is 0 Å². The lowest BCUT2D eigenvalue weighted by Gasteiger charge is -2.04. The molecule has 1 atom stereocenters. The van der Waals surface area contributed by atoms with Gasteiger partial charge < -0.3 is 11.1 Å². The Bertz CT molecular complexity index is 406. The molecule has 4 heteroatoms. The number of carbonyl (C=O) groups is 1. The number of unbranched alkanes of at least 4 members (excludes halogenated alkanes) is 1. The van der Waals surface area contributed by atoms with Crippen LogP contribution in [-0.2, 0) is 4.79 Å². The summed E-state index contributed by atoms with van der Waals surface area (Å²) in [5.41, 5.74) is 7.52. The van der Waals surface area contributed by atoms with Crippen molar-refractivity contribution in [1.82, 2.24) is 0 Å². The first-order chi connectivity index (χ1) is 7.72. The van der Waals surface area contributed by atoms with Gasteiger partial charge in [0, 0.05) is 16.1 Å².